The van der Waals surface area contributed by atoms with Crippen LogP contribution in [0.25, 0.3) is 0 Å². The van der Waals surface area contributed by atoms with Crippen molar-refractivity contribution in [3.05, 3.63) is 52.2 Å². The topological polar surface area (TPSA) is 154 Å². The van der Waals surface area contributed by atoms with Gasteiger partial charge in [0.05, 0.1) is 13.1 Å². The molecule has 0 radical (unpaired) electrons. The molecule has 4 amide bonds. The fraction of sp³-hybridized carbons (Fsp3) is 0.483. The van der Waals surface area contributed by atoms with E-state index in [-0.39, 0.29) is 31.6 Å². The van der Waals surface area contributed by atoms with Crippen molar-refractivity contribution in [2.24, 2.45) is 5.92 Å². The van der Waals surface area contributed by atoms with E-state index in [0.29, 0.717) is 23.6 Å². The van der Waals surface area contributed by atoms with Gasteiger partial charge in [0.25, 0.3) is 0 Å². The smallest absolute Gasteiger partial charge is 0.410 e. The van der Waals surface area contributed by atoms with Gasteiger partial charge < -0.3 is 30.6 Å². The molecule has 0 fully saturated rings. The van der Waals surface area contributed by atoms with Crippen LogP contribution in [0.4, 0.5) is 10.5 Å². The van der Waals surface area contributed by atoms with Gasteiger partial charge in [0, 0.05) is 10.6 Å². The Labute approximate surface area is 247 Å². The van der Waals surface area contributed by atoms with Crippen LogP contribution in [-0.4, -0.2) is 59.9 Å². The third kappa shape index (κ3) is 21.0. The van der Waals surface area contributed by atoms with Crippen LogP contribution in [0.2, 0.25) is 0 Å². The van der Waals surface area contributed by atoms with Crippen LogP contribution in [0.5, 0.6) is 0 Å². The van der Waals surface area contributed by atoms with Crippen LogP contribution in [0.15, 0.2) is 41.8 Å². The fourth-order valence-corrected chi connectivity index (χ4v) is 3.18. The number of carbonyl (C=O) groups is 4. The second kappa shape index (κ2) is 26.3. The predicted octanol–water partition coefficient (Wildman–Crippen LogP) is 4.79. The number of amides is 4. The van der Waals surface area contributed by atoms with Crippen molar-refractivity contribution in [1.29, 1.82) is 0 Å². The molecule has 242 valence electrons. The number of carboxylic acid groups (broad SMARTS) is 1. The number of anilines is 1. The van der Waals surface area contributed by atoms with Gasteiger partial charge in [-0.15, -0.1) is 11.3 Å². The summed E-state index contributed by atoms with van der Waals surface area (Å²) in [4.78, 5) is 56.6. The largest absolute Gasteiger partial charge is 0.527 e. The van der Waals surface area contributed by atoms with E-state index >= 15 is 0 Å². The molecule has 13 heteroatoms. The molecular weight excluding hydrogens is 805 g/mol. The molecule has 0 saturated heterocycles. The maximum atomic E-state index is 12.2. The zero-order valence-electron chi connectivity index (χ0n) is 25.3. The summed E-state index contributed by atoms with van der Waals surface area (Å²) in [6.45, 7) is 13.8. The summed E-state index contributed by atoms with van der Waals surface area (Å²) in [5, 5.41) is 18.2. The predicted molar refractivity (Wildman–Crippen MR) is 162 cm³/mol. The number of carbonyl (C=O) groups excluding carboxylic acids is 4. The van der Waals surface area contributed by atoms with Gasteiger partial charge in [0.1, 0.15) is 13.2 Å². The summed E-state index contributed by atoms with van der Waals surface area (Å²) in [5.74, 6) is -1.00. The van der Waals surface area contributed by atoms with Crippen molar-refractivity contribution in [1.82, 2.24) is 15.5 Å². The average Bonchev–Trinajstić information content (AvgIpc) is 3.46. The van der Waals surface area contributed by atoms with Crippen molar-refractivity contribution in [3.8, 4) is 0 Å². The van der Waals surface area contributed by atoms with E-state index in [1.54, 1.807) is 30.7 Å². The Hall–Kier alpha value is -4.93. The number of aliphatic carboxylic acids is 1. The van der Waals surface area contributed by atoms with E-state index in [9.17, 15) is 24.0 Å². The Morgan fingerprint density at radius 2 is 1.69 bits per heavy atom. The molecule has 0 saturated carbocycles. The monoisotopic (exact) mass is 850 g/mol. The number of nitrogens with one attached hydrogen (secondary N) is 3. The Morgan fingerprint density at radius 1 is 1.10 bits per heavy atom. The van der Waals surface area contributed by atoms with Crippen LogP contribution in [0, 0.1) is 5.92 Å². The fourth-order valence-electron chi connectivity index (χ4n) is 2.46. The van der Waals surface area contributed by atoms with Crippen LogP contribution in [-0.2, 0) is 37.1 Å². The third-order valence-electron chi connectivity index (χ3n) is 4.74. The molecule has 0 aliphatic carbocycles. The molecule has 11 nitrogen and oxygen atoms in total. The first-order valence-corrected chi connectivity index (χ1v) is 14.3. The Kier molecular flexibility index (Phi) is 26.0. The van der Waals surface area contributed by atoms with Crippen LogP contribution >= 0.6 is 11.3 Å². The first kappa shape index (κ1) is 41.5. The molecule has 1 aromatic carbocycles. The van der Waals surface area contributed by atoms with Gasteiger partial charge in [-0.1, -0.05) is 66.2 Å². The van der Waals surface area contributed by atoms with Crippen LogP contribution < -0.4 is 16.0 Å². The molecule has 0 aliphatic heterocycles. The van der Waals surface area contributed by atoms with Gasteiger partial charge in [-0.05, 0) is 48.0 Å². The van der Waals surface area contributed by atoms with E-state index in [1.165, 1.54) is 17.8 Å². The number of carboxylic acids is 1. The first-order chi connectivity index (χ1) is 19.6. The molecule has 42 heavy (non-hydrogen) atoms. The Balaban J connectivity index is -0.000000918. The number of rotatable bonds is 13. The van der Waals surface area contributed by atoms with Gasteiger partial charge in [-0.3, -0.25) is 19.3 Å². The summed E-state index contributed by atoms with van der Waals surface area (Å²) in [6, 6.07) is 10.5. The third-order valence-corrected chi connectivity index (χ3v) is 5.60. The summed E-state index contributed by atoms with van der Waals surface area (Å²) < 4.78 is 5.21. The molecule has 1 atom stereocenters. The van der Waals surface area contributed by atoms with E-state index in [1.807, 2.05) is 38.3 Å². The number of ether oxygens (including phenoxy) is 1. The van der Waals surface area contributed by atoms with E-state index in [2.05, 4.69) is 43.6 Å². The van der Waals surface area contributed by atoms with Crippen molar-refractivity contribution in [3.63, 3.8) is 0 Å². The SMILES string of the molecule is CC.CC(C)C(C)N[C-]=O.CCC.O=CNCC(=O)Nc1ccc(COC(=O)N(CC(=O)O)Cc2cccs2)cc1.[Fm]. The molecule has 2 rings (SSSR count). The summed E-state index contributed by atoms with van der Waals surface area (Å²) in [7, 11) is 0. The number of thiophene rings is 1. The second-order valence-electron chi connectivity index (χ2n) is 8.61. The minimum absolute atomic E-state index is 0. The van der Waals surface area contributed by atoms with Crippen molar-refractivity contribution < 1.29 is 33.8 Å². The maximum absolute atomic E-state index is 12.2. The normalized spacial score (nSPS) is 9.81. The maximum Gasteiger partial charge on any atom is 0.410 e. The molecule has 0 spiro atoms. The quantitative estimate of drug-likeness (QED) is 0.129. The van der Waals surface area contributed by atoms with Gasteiger partial charge >= 0.3 is 12.1 Å². The summed E-state index contributed by atoms with van der Waals surface area (Å²) >= 11 is 1.42. The van der Waals surface area contributed by atoms with Crippen LogP contribution in [0.3, 0.4) is 0 Å². The Morgan fingerprint density at radius 3 is 2.12 bits per heavy atom. The molecule has 1 aromatic heterocycles. The standard InChI is InChI=1S/C18H19N3O6S.C6H12NO.C3H8.C2H6.Fm/c22-12-19-8-16(23)20-14-5-3-13(4-6-14)11-27-18(26)21(10-17(24)25)9-15-2-1-7-28-15;1-5(2)6(3)7-4-8;1-3-2;1-2;/h1-7,12H,8-11H2,(H,19,22)(H,20,23)(H,24,25);5-6H,1-3H3,(H,7,8);3H2,1-2H3;1-2H3;/q;-1;;;. The number of hydrogen-bond acceptors (Lipinski definition) is 7. The van der Waals surface area contributed by atoms with Crippen LogP contribution in [0.1, 0.15) is 65.3 Å². The number of benzene rings is 1. The molecule has 1 unspecified atom stereocenters. The molecule has 0 bridgehead atoms. The van der Waals surface area contributed by atoms with Crippen molar-refractivity contribution in [2.45, 2.75) is 74.1 Å². The van der Waals surface area contributed by atoms with Crippen molar-refractivity contribution in [2.75, 3.05) is 18.4 Å². The zero-order valence-corrected chi connectivity index (χ0v) is 28.6. The molecule has 0 aliphatic rings. The number of hydrogen-bond donors (Lipinski definition) is 4. The zero-order chi connectivity index (χ0) is 31.6. The molecular formula is C29H45FmN4O7S-. The minimum atomic E-state index is -1.13. The van der Waals surface area contributed by atoms with E-state index in [4.69, 9.17) is 9.84 Å². The van der Waals surface area contributed by atoms with Gasteiger partial charge in [-0.25, -0.2) is 4.79 Å². The van der Waals surface area contributed by atoms with Crippen molar-refractivity contribution >= 4 is 47.8 Å². The Bertz CT molecular complexity index is 990. The summed E-state index contributed by atoms with van der Waals surface area (Å²) in [5.41, 5.74) is 1.20. The second-order valence-corrected chi connectivity index (χ2v) is 9.65. The summed E-state index contributed by atoms with van der Waals surface area (Å²) in [6.07, 6.45) is 2.60. The van der Waals surface area contributed by atoms with E-state index in [0.717, 1.165) is 9.78 Å². The molecule has 2 aromatic rings. The average molecular weight is 851 g/mol. The first-order valence-electron chi connectivity index (χ1n) is 13.4. The van der Waals surface area contributed by atoms with Gasteiger partial charge in [-0.2, -0.15) is 6.41 Å². The number of nitrogens with zero attached hydrogens (tertiary/aromatic N) is 1. The molecule has 4 N–H and O–H groups in total. The van der Waals surface area contributed by atoms with E-state index < -0.39 is 18.6 Å². The van der Waals surface area contributed by atoms with Gasteiger partial charge in [0.15, 0.2) is 0 Å². The van der Waals surface area contributed by atoms with Gasteiger partial charge in [0.2, 0.25) is 12.3 Å². The molecule has 1 heterocycles. The minimum Gasteiger partial charge on any atom is -0.527 e.